The minimum atomic E-state index is 0.0581. The second kappa shape index (κ2) is 5.21. The highest BCUT2D eigenvalue weighted by atomic mass is 35.5. The Labute approximate surface area is 124 Å². The van der Waals surface area contributed by atoms with E-state index in [1.807, 2.05) is 18.2 Å². The lowest BCUT2D eigenvalue weighted by Gasteiger charge is -2.15. The molecule has 3 nitrogen and oxygen atoms in total. The number of carbonyl (C=O) groups is 1. The van der Waals surface area contributed by atoms with Crippen LogP contribution in [0.3, 0.4) is 0 Å². The van der Waals surface area contributed by atoms with Crippen molar-refractivity contribution in [2.75, 3.05) is 0 Å². The minimum Gasteiger partial charge on any atom is -0.273 e. The van der Waals surface area contributed by atoms with Crippen LogP contribution < -0.4 is 5.43 Å². The quantitative estimate of drug-likeness (QED) is 0.670. The zero-order valence-corrected chi connectivity index (χ0v) is 12.4. The Morgan fingerprint density at radius 3 is 2.95 bits per heavy atom. The number of hydrazone groups is 1. The van der Waals surface area contributed by atoms with Crippen LogP contribution in [0.2, 0.25) is 5.02 Å². The molecule has 2 saturated carbocycles. The molecule has 0 radical (unpaired) electrons. The molecule has 0 unspecified atom stereocenters. The first-order chi connectivity index (χ1) is 9.63. The number of benzene rings is 1. The molecule has 0 aromatic heterocycles. The highest BCUT2D eigenvalue weighted by molar-refractivity contribution is 6.33. The Kier molecular flexibility index (Phi) is 3.55. The summed E-state index contributed by atoms with van der Waals surface area (Å²) >= 11 is 6.03. The molecule has 1 N–H and O–H groups in total. The standard InChI is InChI=1S/C16H19ClN2O/c1-16-9-5-4-7-12(16)14(16)15(20)19-18-10-11-6-2-3-8-13(11)17/h2-3,6,8,10,12,14H,4-5,7,9H2,1H3,(H,19,20)/b18-10-/t12-,14-,16-/m0/s1. The number of amides is 1. The molecule has 20 heavy (non-hydrogen) atoms. The Bertz CT molecular complexity index is 557. The molecule has 0 aliphatic heterocycles. The number of nitrogens with one attached hydrogen (secondary N) is 1. The Morgan fingerprint density at radius 1 is 1.45 bits per heavy atom. The third kappa shape index (κ3) is 2.35. The van der Waals surface area contributed by atoms with Crippen LogP contribution in [0.4, 0.5) is 0 Å². The van der Waals surface area contributed by atoms with E-state index >= 15 is 0 Å². The van der Waals surface area contributed by atoms with Crippen molar-refractivity contribution in [1.29, 1.82) is 0 Å². The van der Waals surface area contributed by atoms with Crippen molar-refractivity contribution < 1.29 is 4.79 Å². The van der Waals surface area contributed by atoms with Gasteiger partial charge in [0.05, 0.1) is 6.21 Å². The molecule has 2 aliphatic carbocycles. The second-order valence-electron chi connectivity index (χ2n) is 6.09. The van der Waals surface area contributed by atoms with E-state index in [0.717, 1.165) is 5.56 Å². The first-order valence-corrected chi connectivity index (χ1v) is 7.58. The highest BCUT2D eigenvalue weighted by Crippen LogP contribution is 2.66. The zero-order chi connectivity index (χ0) is 14.2. The van der Waals surface area contributed by atoms with Crippen LogP contribution >= 0.6 is 11.6 Å². The normalized spacial score (nSPS) is 31.9. The van der Waals surface area contributed by atoms with E-state index in [4.69, 9.17) is 11.6 Å². The first kappa shape index (κ1) is 13.6. The summed E-state index contributed by atoms with van der Waals surface area (Å²) in [5, 5.41) is 4.68. The largest absolute Gasteiger partial charge is 0.273 e. The van der Waals surface area contributed by atoms with Gasteiger partial charge in [0.15, 0.2) is 0 Å². The Morgan fingerprint density at radius 2 is 2.25 bits per heavy atom. The summed E-state index contributed by atoms with van der Waals surface area (Å²) in [5.74, 6) is 0.767. The number of halogens is 1. The molecule has 1 aromatic rings. The molecule has 0 saturated heterocycles. The van der Waals surface area contributed by atoms with Gasteiger partial charge in [0, 0.05) is 16.5 Å². The molecule has 106 valence electrons. The van der Waals surface area contributed by atoms with Gasteiger partial charge in [-0.25, -0.2) is 5.43 Å². The lowest BCUT2D eigenvalue weighted by atomic mass is 9.90. The molecule has 3 rings (SSSR count). The summed E-state index contributed by atoms with van der Waals surface area (Å²) in [5.41, 5.74) is 3.71. The predicted octanol–water partition coefficient (Wildman–Crippen LogP) is 3.62. The van der Waals surface area contributed by atoms with Gasteiger partial charge in [0.2, 0.25) is 5.91 Å². The number of hydrogen-bond donors (Lipinski definition) is 1. The maximum atomic E-state index is 12.2. The molecular weight excluding hydrogens is 272 g/mol. The lowest BCUT2D eigenvalue weighted by molar-refractivity contribution is -0.123. The molecule has 2 fully saturated rings. The summed E-state index contributed by atoms with van der Waals surface area (Å²) < 4.78 is 0. The van der Waals surface area contributed by atoms with Crippen molar-refractivity contribution in [2.24, 2.45) is 22.4 Å². The average Bonchev–Trinajstić information content (AvgIpc) is 3.06. The van der Waals surface area contributed by atoms with Gasteiger partial charge in [0.1, 0.15) is 0 Å². The SMILES string of the molecule is C[C@]12CCCC[C@H]1[C@H]2C(=O)N/N=C\c1ccccc1Cl. The van der Waals surface area contributed by atoms with Crippen LogP contribution in [0.25, 0.3) is 0 Å². The van der Waals surface area contributed by atoms with Gasteiger partial charge in [0.25, 0.3) is 0 Å². The van der Waals surface area contributed by atoms with E-state index in [1.54, 1.807) is 12.3 Å². The monoisotopic (exact) mass is 290 g/mol. The zero-order valence-electron chi connectivity index (χ0n) is 11.6. The van der Waals surface area contributed by atoms with Crippen molar-refractivity contribution in [1.82, 2.24) is 5.43 Å². The van der Waals surface area contributed by atoms with Crippen LogP contribution in [0.1, 0.15) is 38.2 Å². The van der Waals surface area contributed by atoms with Crippen molar-refractivity contribution in [3.63, 3.8) is 0 Å². The van der Waals surface area contributed by atoms with Crippen molar-refractivity contribution in [3.8, 4) is 0 Å². The molecular formula is C16H19ClN2O. The first-order valence-electron chi connectivity index (χ1n) is 7.20. The molecule has 0 spiro atoms. The van der Waals surface area contributed by atoms with Gasteiger partial charge in [-0.15, -0.1) is 0 Å². The fraction of sp³-hybridized carbons (Fsp3) is 0.500. The number of hydrogen-bond acceptors (Lipinski definition) is 2. The second-order valence-corrected chi connectivity index (χ2v) is 6.50. The highest BCUT2D eigenvalue weighted by Gasteiger charge is 2.64. The molecule has 1 amide bonds. The summed E-state index contributed by atoms with van der Waals surface area (Å²) in [6.45, 7) is 2.23. The fourth-order valence-electron chi connectivity index (χ4n) is 3.67. The number of carbonyl (C=O) groups excluding carboxylic acids is 1. The lowest BCUT2D eigenvalue weighted by Crippen LogP contribution is -2.22. The molecule has 3 atom stereocenters. The summed E-state index contributed by atoms with van der Waals surface area (Å²) in [6, 6.07) is 7.44. The summed E-state index contributed by atoms with van der Waals surface area (Å²) in [6.07, 6.45) is 6.47. The van der Waals surface area contributed by atoms with Crippen LogP contribution in [-0.2, 0) is 4.79 Å². The summed E-state index contributed by atoms with van der Waals surface area (Å²) in [4.78, 5) is 12.2. The van der Waals surface area contributed by atoms with Gasteiger partial charge in [-0.3, -0.25) is 4.79 Å². The van der Waals surface area contributed by atoms with Gasteiger partial charge < -0.3 is 0 Å². The van der Waals surface area contributed by atoms with Crippen molar-refractivity contribution >= 4 is 23.7 Å². The maximum Gasteiger partial charge on any atom is 0.244 e. The molecule has 4 heteroatoms. The average molecular weight is 291 g/mol. The van der Waals surface area contributed by atoms with Crippen LogP contribution in [0, 0.1) is 17.3 Å². The molecule has 2 aliphatic rings. The van der Waals surface area contributed by atoms with E-state index < -0.39 is 0 Å². The number of rotatable bonds is 3. The third-order valence-corrected chi connectivity index (χ3v) is 5.24. The van der Waals surface area contributed by atoms with Crippen LogP contribution in [-0.4, -0.2) is 12.1 Å². The number of nitrogens with zero attached hydrogens (tertiary/aromatic N) is 1. The Balaban J connectivity index is 1.60. The van der Waals surface area contributed by atoms with Crippen LogP contribution in [0.15, 0.2) is 29.4 Å². The van der Waals surface area contributed by atoms with E-state index in [-0.39, 0.29) is 17.2 Å². The van der Waals surface area contributed by atoms with Gasteiger partial charge >= 0.3 is 0 Å². The van der Waals surface area contributed by atoms with Gasteiger partial charge in [-0.2, -0.15) is 5.10 Å². The molecule has 1 aromatic carbocycles. The molecule has 0 heterocycles. The van der Waals surface area contributed by atoms with E-state index in [1.165, 1.54) is 25.7 Å². The van der Waals surface area contributed by atoms with Crippen molar-refractivity contribution in [2.45, 2.75) is 32.6 Å². The third-order valence-electron chi connectivity index (χ3n) is 4.90. The molecule has 0 bridgehead atoms. The topological polar surface area (TPSA) is 41.5 Å². The van der Waals surface area contributed by atoms with Crippen molar-refractivity contribution in [3.05, 3.63) is 34.9 Å². The van der Waals surface area contributed by atoms with Crippen LogP contribution in [0.5, 0.6) is 0 Å². The predicted molar refractivity (Wildman–Crippen MR) is 80.7 cm³/mol. The van der Waals surface area contributed by atoms with E-state index in [0.29, 0.717) is 10.9 Å². The van der Waals surface area contributed by atoms with E-state index in [2.05, 4.69) is 17.5 Å². The minimum absolute atomic E-state index is 0.0581. The smallest absolute Gasteiger partial charge is 0.244 e. The summed E-state index contributed by atoms with van der Waals surface area (Å²) in [7, 11) is 0. The van der Waals surface area contributed by atoms with E-state index in [9.17, 15) is 4.79 Å². The van der Waals surface area contributed by atoms with Gasteiger partial charge in [-0.1, -0.05) is 49.6 Å². The number of fused-ring (bicyclic) bond motifs is 1. The fourth-order valence-corrected chi connectivity index (χ4v) is 3.85. The maximum absolute atomic E-state index is 12.2. The van der Waals surface area contributed by atoms with Gasteiger partial charge in [-0.05, 0) is 30.2 Å². The Hall–Kier alpha value is -1.35.